The number of carboxylic acid groups (broad SMARTS) is 1. The van der Waals surface area contributed by atoms with Gasteiger partial charge in [0.2, 0.25) is 6.79 Å². The molecule has 7 nitrogen and oxygen atoms in total. The normalized spacial score (nSPS) is 11.3. The number of carbonyl (C=O) groups is 3. The highest BCUT2D eigenvalue weighted by Gasteiger charge is 2.17. The smallest absolute Gasteiger partial charge is 0.410 e. The van der Waals surface area contributed by atoms with Gasteiger partial charge in [0, 0.05) is 11.4 Å². The lowest BCUT2D eigenvalue weighted by Gasteiger charge is -2.18. The van der Waals surface area contributed by atoms with Gasteiger partial charge in [0.05, 0.1) is 12.5 Å². The molecule has 0 aliphatic carbocycles. The summed E-state index contributed by atoms with van der Waals surface area (Å²) in [5.41, 5.74) is 1.47. The predicted octanol–water partition coefficient (Wildman–Crippen LogP) is 3.72. The number of nitrogens with one attached hydrogen (secondary N) is 1. The zero-order valence-electron chi connectivity index (χ0n) is 15.0. The third-order valence-electron chi connectivity index (χ3n) is 3.81. The molecule has 0 aromatic heterocycles. The molecule has 0 bridgehead atoms. The first-order valence-electron chi connectivity index (χ1n) is 8.54. The van der Waals surface area contributed by atoms with Gasteiger partial charge in [-0.3, -0.25) is 9.59 Å². The Hall–Kier alpha value is -3.06. The maximum Gasteiger partial charge on any atom is 0.410 e. The van der Waals surface area contributed by atoms with Crippen molar-refractivity contribution in [1.82, 2.24) is 5.32 Å². The molecule has 2 aromatic carbocycles. The molecule has 0 aliphatic rings. The summed E-state index contributed by atoms with van der Waals surface area (Å²) in [4.78, 5) is 34.6. The lowest BCUT2D eigenvalue weighted by molar-refractivity contribution is -0.151. The summed E-state index contributed by atoms with van der Waals surface area (Å²) >= 11 is 5.85. The molecule has 0 saturated carbocycles. The molecular formula is C20H20ClNO6. The topological polar surface area (TPSA) is 102 Å². The van der Waals surface area contributed by atoms with Crippen LogP contribution >= 0.6 is 11.6 Å². The summed E-state index contributed by atoms with van der Waals surface area (Å²) in [6.45, 7) is -0.538. The van der Waals surface area contributed by atoms with Crippen LogP contribution in [0.15, 0.2) is 54.6 Å². The average molecular weight is 406 g/mol. The van der Waals surface area contributed by atoms with Crippen molar-refractivity contribution in [2.24, 2.45) is 0 Å². The summed E-state index contributed by atoms with van der Waals surface area (Å²) < 4.78 is 9.75. The molecule has 0 radical (unpaired) electrons. The molecule has 0 aliphatic heterocycles. The number of carboxylic acids is 1. The van der Waals surface area contributed by atoms with Crippen molar-refractivity contribution < 1.29 is 29.0 Å². The minimum atomic E-state index is -0.982. The van der Waals surface area contributed by atoms with Gasteiger partial charge in [0.25, 0.3) is 0 Å². The van der Waals surface area contributed by atoms with Crippen molar-refractivity contribution in [3.63, 3.8) is 0 Å². The first-order chi connectivity index (χ1) is 13.4. The second kappa shape index (κ2) is 10.9. The van der Waals surface area contributed by atoms with Gasteiger partial charge in [-0.25, -0.2) is 4.79 Å². The molecule has 0 spiro atoms. The van der Waals surface area contributed by atoms with Gasteiger partial charge in [0.1, 0.15) is 0 Å². The number of halogens is 1. The fourth-order valence-corrected chi connectivity index (χ4v) is 2.56. The highest BCUT2D eigenvalue weighted by molar-refractivity contribution is 6.30. The van der Waals surface area contributed by atoms with E-state index in [9.17, 15) is 14.4 Å². The van der Waals surface area contributed by atoms with Crippen LogP contribution in [0.25, 0.3) is 0 Å². The minimum Gasteiger partial charge on any atom is -0.481 e. The van der Waals surface area contributed by atoms with E-state index < -0.39 is 30.9 Å². The summed E-state index contributed by atoms with van der Waals surface area (Å²) in [5.74, 6) is -1.51. The molecule has 2 rings (SSSR count). The van der Waals surface area contributed by atoms with E-state index in [1.165, 1.54) is 0 Å². The SMILES string of the molecule is O=C(O)CCC(NC(=O)OCOC(=O)Cc1ccccc1)c1ccc(Cl)cc1. The number of benzene rings is 2. The van der Waals surface area contributed by atoms with Crippen LogP contribution in [-0.2, 0) is 25.5 Å². The Morgan fingerprint density at radius 2 is 1.68 bits per heavy atom. The van der Waals surface area contributed by atoms with Crippen molar-refractivity contribution in [2.75, 3.05) is 6.79 Å². The second-order valence-corrected chi connectivity index (χ2v) is 6.35. The van der Waals surface area contributed by atoms with Crippen LogP contribution in [0.2, 0.25) is 5.02 Å². The maximum absolute atomic E-state index is 12.0. The zero-order valence-corrected chi connectivity index (χ0v) is 15.7. The predicted molar refractivity (Wildman–Crippen MR) is 102 cm³/mol. The third-order valence-corrected chi connectivity index (χ3v) is 4.06. The van der Waals surface area contributed by atoms with E-state index >= 15 is 0 Å². The highest BCUT2D eigenvalue weighted by atomic mass is 35.5. The van der Waals surface area contributed by atoms with E-state index in [0.29, 0.717) is 10.6 Å². The van der Waals surface area contributed by atoms with Crippen LogP contribution in [0.3, 0.4) is 0 Å². The number of amides is 1. The van der Waals surface area contributed by atoms with Crippen LogP contribution in [0.4, 0.5) is 4.79 Å². The first-order valence-corrected chi connectivity index (χ1v) is 8.92. The average Bonchev–Trinajstić information content (AvgIpc) is 2.66. The Morgan fingerprint density at radius 1 is 1.00 bits per heavy atom. The van der Waals surface area contributed by atoms with Gasteiger partial charge < -0.3 is 19.9 Å². The fourth-order valence-electron chi connectivity index (χ4n) is 2.43. The van der Waals surface area contributed by atoms with Crippen LogP contribution in [0.5, 0.6) is 0 Å². The van der Waals surface area contributed by atoms with Gasteiger partial charge in [-0.15, -0.1) is 0 Å². The summed E-state index contributed by atoms with van der Waals surface area (Å²) in [5, 5.41) is 12.0. The number of rotatable bonds is 9. The number of aliphatic carboxylic acids is 1. The second-order valence-electron chi connectivity index (χ2n) is 5.91. The molecule has 2 aromatic rings. The molecule has 0 saturated heterocycles. The molecule has 1 atom stereocenters. The van der Waals surface area contributed by atoms with Crippen LogP contribution in [0, 0.1) is 0 Å². The van der Waals surface area contributed by atoms with Crippen LogP contribution < -0.4 is 5.32 Å². The first kappa shape index (κ1) is 21.2. The maximum atomic E-state index is 12.0. The van der Waals surface area contributed by atoms with Crippen molar-refractivity contribution >= 4 is 29.6 Å². The highest BCUT2D eigenvalue weighted by Crippen LogP contribution is 2.21. The Bertz CT molecular complexity index is 794. The molecule has 1 unspecified atom stereocenters. The minimum absolute atomic E-state index is 0.0673. The Balaban J connectivity index is 1.82. The number of hydrogen-bond acceptors (Lipinski definition) is 5. The Kier molecular flexibility index (Phi) is 8.30. The number of carbonyl (C=O) groups excluding carboxylic acids is 2. The van der Waals surface area contributed by atoms with Crippen LogP contribution in [0.1, 0.15) is 30.0 Å². The molecule has 28 heavy (non-hydrogen) atoms. The van der Waals surface area contributed by atoms with Crippen molar-refractivity contribution in [3.8, 4) is 0 Å². The molecule has 0 fully saturated rings. The third kappa shape index (κ3) is 7.67. The molecular weight excluding hydrogens is 386 g/mol. The molecule has 0 heterocycles. The summed E-state index contributed by atoms with van der Waals surface area (Å²) in [6, 6.07) is 15.1. The van der Waals surface area contributed by atoms with Crippen molar-refractivity contribution in [1.29, 1.82) is 0 Å². The van der Waals surface area contributed by atoms with E-state index in [4.69, 9.17) is 26.2 Å². The largest absolute Gasteiger partial charge is 0.481 e. The van der Waals surface area contributed by atoms with Gasteiger partial charge >= 0.3 is 18.0 Å². The zero-order chi connectivity index (χ0) is 20.4. The number of alkyl carbamates (subject to hydrolysis) is 1. The fraction of sp³-hybridized carbons (Fsp3) is 0.250. The van der Waals surface area contributed by atoms with Gasteiger partial charge in [-0.1, -0.05) is 54.1 Å². The van der Waals surface area contributed by atoms with E-state index in [0.717, 1.165) is 5.56 Å². The van der Waals surface area contributed by atoms with Gasteiger partial charge in [-0.2, -0.15) is 0 Å². The number of esters is 1. The van der Waals surface area contributed by atoms with E-state index in [-0.39, 0.29) is 19.3 Å². The van der Waals surface area contributed by atoms with Crippen molar-refractivity contribution in [2.45, 2.75) is 25.3 Å². The van der Waals surface area contributed by atoms with Crippen molar-refractivity contribution in [3.05, 3.63) is 70.7 Å². The van der Waals surface area contributed by atoms with Crippen LogP contribution in [-0.4, -0.2) is 29.9 Å². The van der Waals surface area contributed by atoms with Gasteiger partial charge in [0.15, 0.2) is 0 Å². The summed E-state index contributed by atoms with van der Waals surface area (Å²) in [6.07, 6.45) is -0.727. The number of hydrogen-bond donors (Lipinski definition) is 2. The Labute approximate surface area is 167 Å². The van der Waals surface area contributed by atoms with E-state index in [1.807, 2.05) is 6.07 Å². The molecule has 2 N–H and O–H groups in total. The lowest BCUT2D eigenvalue weighted by atomic mass is 10.0. The van der Waals surface area contributed by atoms with Gasteiger partial charge in [-0.05, 0) is 29.7 Å². The standard InChI is InChI=1S/C20H20ClNO6/c21-16-8-6-15(7-9-16)17(10-11-18(23)24)22-20(26)28-13-27-19(25)12-14-4-2-1-3-5-14/h1-9,17H,10-13H2,(H,22,26)(H,23,24). The van der Waals surface area contributed by atoms with E-state index in [2.05, 4.69) is 5.32 Å². The Morgan fingerprint density at radius 3 is 2.32 bits per heavy atom. The quantitative estimate of drug-likeness (QED) is 0.487. The monoisotopic (exact) mass is 405 g/mol. The molecule has 1 amide bonds. The molecule has 148 valence electrons. The lowest BCUT2D eigenvalue weighted by Crippen LogP contribution is -2.30. The number of ether oxygens (including phenoxy) is 2. The van der Waals surface area contributed by atoms with E-state index in [1.54, 1.807) is 48.5 Å². The molecule has 8 heteroatoms. The summed E-state index contributed by atoms with van der Waals surface area (Å²) in [7, 11) is 0.